The number of rotatable bonds is 2. The second kappa shape index (κ2) is 5.42. The van der Waals surface area contributed by atoms with E-state index in [0.717, 1.165) is 22.6 Å². The van der Waals surface area contributed by atoms with E-state index in [2.05, 4.69) is 4.98 Å². The van der Waals surface area contributed by atoms with Crippen molar-refractivity contribution in [2.24, 2.45) is 0 Å². The van der Waals surface area contributed by atoms with Crippen LogP contribution < -0.4 is 0 Å². The Kier molecular flexibility index (Phi) is 3.85. The Morgan fingerprint density at radius 3 is 2.70 bits per heavy atom. The lowest BCUT2D eigenvalue weighted by Gasteiger charge is -1.99. The highest BCUT2D eigenvalue weighted by atomic mass is 79.9. The fourth-order valence-electron chi connectivity index (χ4n) is 2.16. The van der Waals surface area contributed by atoms with Crippen molar-refractivity contribution < 1.29 is 4.92 Å². The summed E-state index contributed by atoms with van der Waals surface area (Å²) in [6, 6.07) is 12.3. The van der Waals surface area contributed by atoms with E-state index in [9.17, 15) is 10.1 Å². The molecule has 0 fully saturated rings. The minimum absolute atomic E-state index is 0. The smallest absolute Gasteiger partial charge is 0.270 e. The van der Waals surface area contributed by atoms with Gasteiger partial charge in [-0.3, -0.25) is 10.1 Å². The first-order chi connectivity index (χ1) is 9.16. The Morgan fingerprint density at radius 1 is 1.20 bits per heavy atom. The van der Waals surface area contributed by atoms with E-state index in [0.29, 0.717) is 0 Å². The SMILES string of the molecule is Br.Cc1c(-c2cccc([N+](=O)[O-])c2)nc2ccccn12. The number of nitrogens with zero attached hydrogens (tertiary/aromatic N) is 3. The largest absolute Gasteiger partial charge is 0.304 e. The summed E-state index contributed by atoms with van der Waals surface area (Å²) < 4.78 is 1.97. The van der Waals surface area contributed by atoms with Crippen LogP contribution in [0.25, 0.3) is 16.9 Å². The van der Waals surface area contributed by atoms with Crippen molar-refractivity contribution in [3.8, 4) is 11.3 Å². The molecule has 2 aromatic heterocycles. The van der Waals surface area contributed by atoms with E-state index in [1.807, 2.05) is 41.8 Å². The number of hydrogen-bond acceptors (Lipinski definition) is 3. The number of nitro groups is 1. The average Bonchev–Trinajstić information content (AvgIpc) is 2.77. The van der Waals surface area contributed by atoms with Gasteiger partial charge < -0.3 is 4.40 Å². The number of aryl methyl sites for hydroxylation is 1. The van der Waals surface area contributed by atoms with Crippen LogP contribution >= 0.6 is 17.0 Å². The first-order valence-electron chi connectivity index (χ1n) is 5.85. The Hall–Kier alpha value is -2.21. The molecular formula is C14H12BrN3O2. The third-order valence-electron chi connectivity index (χ3n) is 3.10. The Bertz CT molecular complexity index is 783. The molecular weight excluding hydrogens is 322 g/mol. The third-order valence-corrected chi connectivity index (χ3v) is 3.10. The molecule has 1 aromatic carbocycles. The van der Waals surface area contributed by atoms with Gasteiger partial charge in [-0.05, 0) is 19.1 Å². The molecule has 5 nitrogen and oxygen atoms in total. The number of halogens is 1. The lowest BCUT2D eigenvalue weighted by molar-refractivity contribution is -0.384. The van der Waals surface area contributed by atoms with E-state index in [4.69, 9.17) is 0 Å². The van der Waals surface area contributed by atoms with Crippen molar-refractivity contribution in [2.45, 2.75) is 6.92 Å². The van der Waals surface area contributed by atoms with Gasteiger partial charge in [0.05, 0.1) is 10.6 Å². The summed E-state index contributed by atoms with van der Waals surface area (Å²) in [7, 11) is 0. The molecule has 2 heterocycles. The summed E-state index contributed by atoms with van der Waals surface area (Å²) in [5.74, 6) is 0. The number of nitro benzene ring substituents is 1. The van der Waals surface area contributed by atoms with Gasteiger partial charge in [0.25, 0.3) is 5.69 Å². The minimum atomic E-state index is -0.394. The number of hydrogen-bond donors (Lipinski definition) is 0. The molecule has 3 rings (SSSR count). The summed E-state index contributed by atoms with van der Waals surface area (Å²) in [5, 5.41) is 10.8. The molecule has 0 bridgehead atoms. The third kappa shape index (κ3) is 2.30. The van der Waals surface area contributed by atoms with Gasteiger partial charge >= 0.3 is 0 Å². The maximum Gasteiger partial charge on any atom is 0.270 e. The highest BCUT2D eigenvalue weighted by Gasteiger charge is 2.13. The molecule has 6 heteroatoms. The molecule has 20 heavy (non-hydrogen) atoms. The molecule has 0 amide bonds. The average molecular weight is 334 g/mol. The molecule has 0 saturated carbocycles. The predicted octanol–water partition coefficient (Wildman–Crippen LogP) is 3.80. The maximum absolute atomic E-state index is 10.8. The van der Waals surface area contributed by atoms with Gasteiger partial charge in [0.15, 0.2) is 0 Å². The van der Waals surface area contributed by atoms with Crippen LogP contribution in [-0.2, 0) is 0 Å². The molecule has 0 spiro atoms. The molecule has 0 unspecified atom stereocenters. The number of benzene rings is 1. The van der Waals surface area contributed by atoms with Crippen LogP contribution in [0.5, 0.6) is 0 Å². The molecule has 0 aliphatic rings. The topological polar surface area (TPSA) is 60.4 Å². The zero-order chi connectivity index (χ0) is 13.4. The Balaban J connectivity index is 0.00000147. The number of aromatic nitrogens is 2. The predicted molar refractivity (Wildman–Crippen MR) is 82.3 cm³/mol. The van der Waals surface area contributed by atoms with Crippen LogP contribution in [0.3, 0.4) is 0 Å². The van der Waals surface area contributed by atoms with Crippen LogP contribution in [0.4, 0.5) is 5.69 Å². The van der Waals surface area contributed by atoms with Gasteiger partial charge in [-0.25, -0.2) is 4.98 Å². The van der Waals surface area contributed by atoms with Gasteiger partial charge in [-0.15, -0.1) is 17.0 Å². The second-order valence-corrected chi connectivity index (χ2v) is 4.28. The van der Waals surface area contributed by atoms with E-state index < -0.39 is 4.92 Å². The molecule has 0 aliphatic heterocycles. The van der Waals surface area contributed by atoms with E-state index in [1.54, 1.807) is 12.1 Å². The molecule has 0 radical (unpaired) electrons. The van der Waals surface area contributed by atoms with Gasteiger partial charge in [0, 0.05) is 29.6 Å². The van der Waals surface area contributed by atoms with Crippen LogP contribution in [0.1, 0.15) is 5.69 Å². The van der Waals surface area contributed by atoms with E-state index in [1.165, 1.54) is 6.07 Å². The minimum Gasteiger partial charge on any atom is -0.304 e. The van der Waals surface area contributed by atoms with Crippen molar-refractivity contribution in [3.05, 3.63) is 64.5 Å². The highest BCUT2D eigenvalue weighted by Crippen LogP contribution is 2.26. The molecule has 3 aromatic rings. The number of non-ortho nitro benzene ring substituents is 1. The summed E-state index contributed by atoms with van der Waals surface area (Å²) in [4.78, 5) is 15.0. The fourth-order valence-corrected chi connectivity index (χ4v) is 2.16. The Morgan fingerprint density at radius 2 is 2.00 bits per heavy atom. The monoisotopic (exact) mass is 333 g/mol. The quantitative estimate of drug-likeness (QED) is 0.529. The zero-order valence-electron chi connectivity index (χ0n) is 10.7. The van der Waals surface area contributed by atoms with Crippen molar-refractivity contribution in [1.29, 1.82) is 0 Å². The van der Waals surface area contributed by atoms with Crippen molar-refractivity contribution in [2.75, 3.05) is 0 Å². The molecule has 0 aliphatic carbocycles. The lowest BCUT2D eigenvalue weighted by Crippen LogP contribution is -1.89. The fraction of sp³-hybridized carbons (Fsp3) is 0.0714. The summed E-state index contributed by atoms with van der Waals surface area (Å²) in [5.41, 5.74) is 3.41. The first kappa shape index (κ1) is 14.2. The van der Waals surface area contributed by atoms with Crippen LogP contribution in [0.2, 0.25) is 0 Å². The van der Waals surface area contributed by atoms with Crippen molar-refractivity contribution in [3.63, 3.8) is 0 Å². The van der Waals surface area contributed by atoms with Crippen molar-refractivity contribution >= 4 is 28.3 Å². The second-order valence-electron chi connectivity index (χ2n) is 4.28. The van der Waals surface area contributed by atoms with E-state index in [-0.39, 0.29) is 22.7 Å². The van der Waals surface area contributed by atoms with Crippen LogP contribution in [-0.4, -0.2) is 14.3 Å². The first-order valence-corrected chi connectivity index (χ1v) is 5.85. The molecule has 102 valence electrons. The van der Waals surface area contributed by atoms with Crippen LogP contribution in [0.15, 0.2) is 48.7 Å². The normalized spacial score (nSPS) is 10.2. The summed E-state index contributed by atoms with van der Waals surface area (Å²) in [6.07, 6.45) is 1.93. The molecule has 0 N–H and O–H groups in total. The van der Waals surface area contributed by atoms with Gasteiger partial charge in [-0.2, -0.15) is 0 Å². The zero-order valence-corrected chi connectivity index (χ0v) is 12.4. The highest BCUT2D eigenvalue weighted by molar-refractivity contribution is 8.93. The maximum atomic E-state index is 10.8. The standard InChI is InChI=1S/C14H11N3O2.BrH/c1-10-14(15-13-7-2-3-8-16(10)13)11-5-4-6-12(9-11)17(18)19;/h2-9H,1H3;1H. The van der Waals surface area contributed by atoms with Gasteiger partial charge in [-0.1, -0.05) is 18.2 Å². The number of fused-ring (bicyclic) bond motifs is 1. The van der Waals surface area contributed by atoms with Crippen molar-refractivity contribution in [1.82, 2.24) is 9.38 Å². The van der Waals surface area contributed by atoms with Crippen LogP contribution in [0, 0.1) is 17.0 Å². The molecule has 0 atom stereocenters. The van der Waals surface area contributed by atoms with E-state index >= 15 is 0 Å². The molecule has 0 saturated heterocycles. The lowest BCUT2D eigenvalue weighted by atomic mass is 10.1. The van der Waals surface area contributed by atoms with Gasteiger partial charge in [0.2, 0.25) is 0 Å². The number of pyridine rings is 1. The number of imidazole rings is 1. The van der Waals surface area contributed by atoms with Gasteiger partial charge in [0.1, 0.15) is 5.65 Å². The Labute approximate surface area is 125 Å². The summed E-state index contributed by atoms with van der Waals surface area (Å²) in [6.45, 7) is 1.95. The summed E-state index contributed by atoms with van der Waals surface area (Å²) >= 11 is 0.